The lowest BCUT2D eigenvalue weighted by molar-refractivity contribution is 0.304. The summed E-state index contributed by atoms with van der Waals surface area (Å²) in [4.78, 5) is 0. The minimum atomic E-state index is 0.0809. The summed E-state index contributed by atoms with van der Waals surface area (Å²) in [5.41, 5.74) is 9.45. The summed E-state index contributed by atoms with van der Waals surface area (Å²) in [6, 6.07) is 11.4. The molecule has 2 aromatic rings. The third kappa shape index (κ3) is 3.55. The molecule has 0 aliphatic carbocycles. The molecule has 0 radical (unpaired) electrons. The Kier molecular flexibility index (Phi) is 4.85. The van der Waals surface area contributed by atoms with Crippen molar-refractivity contribution in [2.75, 3.05) is 0 Å². The van der Waals surface area contributed by atoms with Crippen LogP contribution in [0.1, 0.15) is 22.3 Å². The molecule has 0 unspecified atom stereocenters. The van der Waals surface area contributed by atoms with Crippen molar-refractivity contribution in [1.82, 2.24) is 0 Å². The van der Waals surface area contributed by atoms with E-state index in [1.807, 2.05) is 44.2 Å². The molecule has 0 aliphatic heterocycles. The average molecular weight is 349 g/mol. The first-order valence-electron chi connectivity index (χ1n) is 6.48. The molecule has 0 aliphatic rings. The van der Waals surface area contributed by atoms with Gasteiger partial charge >= 0.3 is 0 Å². The maximum absolute atomic E-state index is 8.82. The molecule has 0 saturated carbocycles. The summed E-state index contributed by atoms with van der Waals surface area (Å²) in [7, 11) is 0. The van der Waals surface area contributed by atoms with Crippen molar-refractivity contribution < 1.29 is 9.94 Å². The third-order valence-electron chi connectivity index (χ3n) is 3.21. The summed E-state index contributed by atoms with van der Waals surface area (Å²) in [5.74, 6) is 0.875. The molecule has 0 amide bonds. The molecule has 0 aromatic heterocycles. The van der Waals surface area contributed by atoms with Gasteiger partial charge in [-0.3, -0.25) is 0 Å². The molecule has 4 nitrogen and oxygen atoms in total. The van der Waals surface area contributed by atoms with Gasteiger partial charge in [0.25, 0.3) is 0 Å². The Morgan fingerprint density at radius 3 is 2.48 bits per heavy atom. The standard InChI is InChI=1S/C16H17BrN2O2/c1-10-7-13(8-11(2)15(10)17)21-9-12-5-3-4-6-14(12)16(18)19-20/h3-8,20H,9H2,1-2H3,(H2,18,19). The lowest BCUT2D eigenvalue weighted by Gasteiger charge is -2.12. The predicted octanol–water partition coefficient (Wildman–Crippen LogP) is 3.74. The molecule has 0 spiro atoms. The first kappa shape index (κ1) is 15.4. The Morgan fingerprint density at radius 1 is 1.24 bits per heavy atom. The largest absolute Gasteiger partial charge is 0.489 e. The number of halogens is 1. The second kappa shape index (κ2) is 6.63. The van der Waals surface area contributed by atoms with Crippen LogP contribution in [0.4, 0.5) is 0 Å². The lowest BCUT2D eigenvalue weighted by Crippen LogP contribution is -2.16. The molecule has 0 fully saturated rings. The minimum Gasteiger partial charge on any atom is -0.489 e. The van der Waals surface area contributed by atoms with Gasteiger partial charge in [0.1, 0.15) is 12.4 Å². The van der Waals surface area contributed by atoms with Gasteiger partial charge in [-0.2, -0.15) is 0 Å². The zero-order chi connectivity index (χ0) is 15.4. The molecule has 2 rings (SSSR count). The highest BCUT2D eigenvalue weighted by Crippen LogP contribution is 2.27. The second-order valence-corrected chi connectivity index (χ2v) is 5.60. The van der Waals surface area contributed by atoms with Gasteiger partial charge in [0.2, 0.25) is 0 Å². The number of ether oxygens (including phenoxy) is 1. The summed E-state index contributed by atoms with van der Waals surface area (Å²) in [6.07, 6.45) is 0. The van der Waals surface area contributed by atoms with Crippen molar-refractivity contribution in [2.45, 2.75) is 20.5 Å². The Hall–Kier alpha value is -2.01. The molecule has 0 atom stereocenters. The number of benzene rings is 2. The summed E-state index contributed by atoms with van der Waals surface area (Å²) in [5, 5.41) is 11.9. The van der Waals surface area contributed by atoms with E-state index in [2.05, 4.69) is 21.1 Å². The van der Waals surface area contributed by atoms with E-state index in [4.69, 9.17) is 15.7 Å². The molecule has 0 saturated heterocycles. The van der Waals surface area contributed by atoms with Gasteiger partial charge in [-0.05, 0) is 37.1 Å². The zero-order valence-electron chi connectivity index (χ0n) is 11.9. The average Bonchev–Trinajstić information content (AvgIpc) is 2.50. The van der Waals surface area contributed by atoms with Crippen LogP contribution in [0.3, 0.4) is 0 Å². The van der Waals surface area contributed by atoms with Crippen LogP contribution < -0.4 is 10.5 Å². The molecule has 0 heterocycles. The number of amidine groups is 1. The van der Waals surface area contributed by atoms with Gasteiger partial charge in [-0.1, -0.05) is 45.4 Å². The van der Waals surface area contributed by atoms with Gasteiger partial charge < -0.3 is 15.7 Å². The topological polar surface area (TPSA) is 67.8 Å². The SMILES string of the molecule is Cc1cc(OCc2ccccc2/C(N)=N/O)cc(C)c1Br. The fourth-order valence-electron chi connectivity index (χ4n) is 2.10. The quantitative estimate of drug-likeness (QED) is 0.382. The second-order valence-electron chi connectivity index (χ2n) is 4.80. The van der Waals surface area contributed by atoms with Crippen molar-refractivity contribution >= 4 is 21.8 Å². The Labute approximate surface area is 132 Å². The first-order chi connectivity index (χ1) is 10.0. The highest BCUT2D eigenvalue weighted by atomic mass is 79.9. The fourth-order valence-corrected chi connectivity index (χ4v) is 2.33. The number of hydrogen-bond donors (Lipinski definition) is 2. The van der Waals surface area contributed by atoms with Gasteiger partial charge in [0.05, 0.1) is 0 Å². The van der Waals surface area contributed by atoms with Crippen LogP contribution >= 0.6 is 15.9 Å². The van der Waals surface area contributed by atoms with Crippen LogP contribution in [-0.2, 0) is 6.61 Å². The Morgan fingerprint density at radius 2 is 1.86 bits per heavy atom. The molecular formula is C16H17BrN2O2. The smallest absolute Gasteiger partial charge is 0.170 e. The van der Waals surface area contributed by atoms with Gasteiger partial charge in [0.15, 0.2) is 5.84 Å². The number of hydrogen-bond acceptors (Lipinski definition) is 3. The number of nitrogens with zero attached hydrogens (tertiary/aromatic N) is 1. The van der Waals surface area contributed by atoms with E-state index >= 15 is 0 Å². The molecule has 3 N–H and O–H groups in total. The number of oxime groups is 1. The van der Waals surface area contributed by atoms with Crippen molar-refractivity contribution in [1.29, 1.82) is 0 Å². The molecule has 2 aromatic carbocycles. The fraction of sp³-hybridized carbons (Fsp3) is 0.188. The van der Waals surface area contributed by atoms with Crippen LogP contribution in [0.25, 0.3) is 0 Å². The molecule has 5 heteroatoms. The maximum Gasteiger partial charge on any atom is 0.170 e. The normalized spacial score (nSPS) is 11.5. The van der Waals surface area contributed by atoms with E-state index in [1.165, 1.54) is 0 Å². The zero-order valence-corrected chi connectivity index (χ0v) is 13.5. The highest BCUT2D eigenvalue weighted by molar-refractivity contribution is 9.10. The van der Waals surface area contributed by atoms with E-state index in [9.17, 15) is 0 Å². The van der Waals surface area contributed by atoms with E-state index in [0.717, 1.165) is 26.9 Å². The van der Waals surface area contributed by atoms with Crippen molar-refractivity contribution in [2.24, 2.45) is 10.9 Å². The number of aryl methyl sites for hydroxylation is 2. The van der Waals surface area contributed by atoms with Crippen LogP contribution in [0, 0.1) is 13.8 Å². The molecule has 21 heavy (non-hydrogen) atoms. The van der Waals surface area contributed by atoms with E-state index in [1.54, 1.807) is 6.07 Å². The van der Waals surface area contributed by atoms with Gasteiger partial charge in [0, 0.05) is 15.6 Å². The summed E-state index contributed by atoms with van der Waals surface area (Å²) < 4.78 is 6.92. The maximum atomic E-state index is 8.82. The summed E-state index contributed by atoms with van der Waals surface area (Å²) in [6.45, 7) is 4.40. The van der Waals surface area contributed by atoms with Gasteiger partial charge in [-0.15, -0.1) is 0 Å². The monoisotopic (exact) mass is 348 g/mol. The molecule has 110 valence electrons. The minimum absolute atomic E-state index is 0.0809. The van der Waals surface area contributed by atoms with Crippen molar-refractivity contribution in [3.63, 3.8) is 0 Å². The van der Waals surface area contributed by atoms with Crippen LogP contribution in [-0.4, -0.2) is 11.0 Å². The Balaban J connectivity index is 2.21. The van der Waals surface area contributed by atoms with Crippen LogP contribution in [0.2, 0.25) is 0 Å². The summed E-state index contributed by atoms with van der Waals surface area (Å²) >= 11 is 3.53. The number of nitrogens with two attached hydrogens (primary N) is 1. The van der Waals surface area contributed by atoms with Gasteiger partial charge in [-0.25, -0.2) is 0 Å². The number of rotatable bonds is 4. The van der Waals surface area contributed by atoms with E-state index in [0.29, 0.717) is 12.2 Å². The highest BCUT2D eigenvalue weighted by Gasteiger charge is 2.08. The van der Waals surface area contributed by atoms with Crippen LogP contribution in [0.5, 0.6) is 5.75 Å². The van der Waals surface area contributed by atoms with Crippen molar-refractivity contribution in [3.05, 3.63) is 63.1 Å². The predicted molar refractivity (Wildman–Crippen MR) is 86.9 cm³/mol. The lowest BCUT2D eigenvalue weighted by atomic mass is 10.1. The van der Waals surface area contributed by atoms with E-state index in [-0.39, 0.29) is 5.84 Å². The molecule has 0 bridgehead atoms. The Bertz CT molecular complexity index is 661. The van der Waals surface area contributed by atoms with E-state index < -0.39 is 0 Å². The van der Waals surface area contributed by atoms with Crippen LogP contribution in [0.15, 0.2) is 46.0 Å². The third-order valence-corrected chi connectivity index (χ3v) is 4.46. The van der Waals surface area contributed by atoms with Crippen molar-refractivity contribution in [3.8, 4) is 5.75 Å². The first-order valence-corrected chi connectivity index (χ1v) is 7.27. The molecular weight excluding hydrogens is 332 g/mol.